The molecule has 0 atom stereocenters. The number of esters is 1. The molecule has 7 heteroatoms. The minimum absolute atomic E-state index is 0.0477. The van der Waals surface area contributed by atoms with Crippen molar-refractivity contribution in [1.29, 1.82) is 0 Å². The monoisotopic (exact) mass is 371 g/mol. The first kappa shape index (κ1) is 18.6. The number of hydrogen-bond acceptors (Lipinski definition) is 5. The van der Waals surface area contributed by atoms with Gasteiger partial charge in [-0.05, 0) is 36.2 Å². The van der Waals surface area contributed by atoms with E-state index in [1.54, 1.807) is 30.3 Å². The lowest BCUT2D eigenvalue weighted by Gasteiger charge is -2.13. The Morgan fingerprint density at radius 3 is 2.33 bits per heavy atom. The zero-order valence-corrected chi connectivity index (χ0v) is 14.7. The molecule has 0 saturated heterocycles. The topological polar surface area (TPSA) is 72.9 Å². The second kappa shape index (κ2) is 7.99. The molecule has 0 radical (unpaired) electrons. The Bertz CT molecular complexity index is 861. The van der Waals surface area contributed by atoms with Crippen LogP contribution in [0.5, 0.6) is 5.75 Å². The fraction of sp³-hybridized carbons (Fsp3) is 0.250. The van der Waals surface area contributed by atoms with E-state index in [9.17, 15) is 18.8 Å². The number of hydrogen-bond donors (Lipinski definition) is 0. The van der Waals surface area contributed by atoms with E-state index in [1.807, 2.05) is 0 Å². The number of benzene rings is 2. The molecule has 6 nitrogen and oxygen atoms in total. The number of fused-ring (bicyclic) bond motifs is 1. The smallest absolute Gasteiger partial charge is 0.306 e. The lowest BCUT2D eigenvalue weighted by Crippen LogP contribution is -2.31. The van der Waals surface area contributed by atoms with Crippen LogP contribution < -0.4 is 4.74 Å². The molecule has 1 heterocycles. The average Bonchev–Trinajstić information content (AvgIpc) is 2.91. The van der Waals surface area contributed by atoms with Gasteiger partial charge in [0.1, 0.15) is 6.61 Å². The summed E-state index contributed by atoms with van der Waals surface area (Å²) in [6, 6.07) is 10.9. The summed E-state index contributed by atoms with van der Waals surface area (Å²) in [5, 5.41) is 0. The van der Waals surface area contributed by atoms with Gasteiger partial charge >= 0.3 is 5.97 Å². The summed E-state index contributed by atoms with van der Waals surface area (Å²) in [6.45, 7) is 0.0748. The van der Waals surface area contributed by atoms with Crippen LogP contribution >= 0.6 is 0 Å². The number of imide groups is 1. The van der Waals surface area contributed by atoms with Gasteiger partial charge < -0.3 is 9.47 Å². The molecule has 0 spiro atoms. The zero-order chi connectivity index (χ0) is 19.4. The zero-order valence-electron chi connectivity index (χ0n) is 14.7. The lowest BCUT2D eigenvalue weighted by atomic mass is 10.1. The number of nitrogens with zero attached hydrogens (tertiary/aromatic N) is 1. The van der Waals surface area contributed by atoms with Gasteiger partial charge in [-0.15, -0.1) is 0 Å². The summed E-state index contributed by atoms with van der Waals surface area (Å²) in [5.41, 5.74) is 1.26. The number of carbonyl (C=O) groups is 3. The standard InChI is InChI=1S/C20H18FNO5/c1-26-17-9-8-13(11-16(17)21)12-27-18(23)7-4-10-22-19(24)14-5-2-3-6-15(14)20(22)25/h2-3,5-6,8-9,11H,4,7,10,12H2,1H3. The van der Waals surface area contributed by atoms with Gasteiger partial charge in [-0.2, -0.15) is 0 Å². The Balaban J connectivity index is 1.46. The summed E-state index contributed by atoms with van der Waals surface area (Å²) < 4.78 is 23.5. The maximum atomic E-state index is 13.6. The predicted octanol–water partition coefficient (Wildman–Crippen LogP) is 2.95. The molecule has 0 fully saturated rings. The van der Waals surface area contributed by atoms with Crippen LogP contribution in [0, 0.1) is 5.82 Å². The van der Waals surface area contributed by atoms with Crippen molar-refractivity contribution in [2.24, 2.45) is 0 Å². The van der Waals surface area contributed by atoms with E-state index in [2.05, 4.69) is 0 Å². The summed E-state index contributed by atoms with van der Waals surface area (Å²) in [5.74, 6) is -1.60. The summed E-state index contributed by atoms with van der Waals surface area (Å²) in [6.07, 6.45) is 0.341. The highest BCUT2D eigenvalue weighted by Crippen LogP contribution is 2.23. The average molecular weight is 371 g/mol. The summed E-state index contributed by atoms with van der Waals surface area (Å²) in [7, 11) is 1.37. The van der Waals surface area contributed by atoms with Gasteiger partial charge in [0.25, 0.3) is 11.8 Å². The minimum atomic E-state index is -0.531. The van der Waals surface area contributed by atoms with Crippen LogP contribution in [-0.4, -0.2) is 36.3 Å². The van der Waals surface area contributed by atoms with Crippen molar-refractivity contribution in [2.75, 3.05) is 13.7 Å². The van der Waals surface area contributed by atoms with Gasteiger partial charge in [0, 0.05) is 13.0 Å². The van der Waals surface area contributed by atoms with E-state index in [0.717, 1.165) is 4.90 Å². The fourth-order valence-electron chi connectivity index (χ4n) is 2.86. The molecule has 0 aromatic heterocycles. The highest BCUT2D eigenvalue weighted by atomic mass is 19.1. The van der Waals surface area contributed by atoms with Gasteiger partial charge in [-0.25, -0.2) is 4.39 Å². The Kier molecular flexibility index (Phi) is 5.49. The van der Waals surface area contributed by atoms with E-state index < -0.39 is 11.8 Å². The van der Waals surface area contributed by atoms with Gasteiger partial charge in [0.2, 0.25) is 0 Å². The van der Waals surface area contributed by atoms with Gasteiger partial charge in [0.15, 0.2) is 11.6 Å². The van der Waals surface area contributed by atoms with E-state index in [4.69, 9.17) is 9.47 Å². The number of amides is 2. The minimum Gasteiger partial charge on any atom is -0.494 e. The van der Waals surface area contributed by atoms with Crippen molar-refractivity contribution in [1.82, 2.24) is 4.90 Å². The Hall–Kier alpha value is -3.22. The molecule has 0 aliphatic carbocycles. The normalized spacial score (nSPS) is 12.9. The van der Waals surface area contributed by atoms with E-state index >= 15 is 0 Å². The van der Waals surface area contributed by atoms with E-state index in [1.165, 1.54) is 19.2 Å². The molecule has 27 heavy (non-hydrogen) atoms. The van der Waals surface area contributed by atoms with Crippen molar-refractivity contribution in [3.63, 3.8) is 0 Å². The second-order valence-corrected chi connectivity index (χ2v) is 6.04. The second-order valence-electron chi connectivity index (χ2n) is 6.04. The third-order valence-corrected chi connectivity index (χ3v) is 4.26. The molecular formula is C20H18FNO5. The SMILES string of the molecule is COc1ccc(COC(=O)CCCN2C(=O)c3ccccc3C2=O)cc1F. The molecule has 1 aliphatic heterocycles. The molecule has 140 valence electrons. The maximum absolute atomic E-state index is 13.6. The first-order chi connectivity index (χ1) is 13.0. The van der Waals surface area contributed by atoms with Crippen LogP contribution in [-0.2, 0) is 16.1 Å². The van der Waals surface area contributed by atoms with Crippen molar-refractivity contribution < 1.29 is 28.2 Å². The molecule has 0 N–H and O–H groups in total. The van der Waals surface area contributed by atoms with E-state index in [-0.39, 0.29) is 37.1 Å². The van der Waals surface area contributed by atoms with Crippen molar-refractivity contribution in [3.8, 4) is 5.75 Å². The van der Waals surface area contributed by atoms with Crippen LogP contribution in [0.25, 0.3) is 0 Å². The van der Waals surface area contributed by atoms with Crippen LogP contribution in [0.1, 0.15) is 39.1 Å². The molecule has 2 aromatic rings. The maximum Gasteiger partial charge on any atom is 0.306 e. The largest absolute Gasteiger partial charge is 0.494 e. The predicted molar refractivity (Wildman–Crippen MR) is 93.8 cm³/mol. The number of halogens is 1. The van der Waals surface area contributed by atoms with E-state index in [0.29, 0.717) is 23.1 Å². The first-order valence-corrected chi connectivity index (χ1v) is 8.44. The van der Waals surface area contributed by atoms with Gasteiger partial charge in [-0.1, -0.05) is 18.2 Å². The lowest BCUT2D eigenvalue weighted by molar-refractivity contribution is -0.145. The van der Waals surface area contributed by atoms with Crippen LogP contribution in [0.4, 0.5) is 4.39 Å². The van der Waals surface area contributed by atoms with Crippen LogP contribution in [0.15, 0.2) is 42.5 Å². The molecule has 0 bridgehead atoms. The summed E-state index contributed by atoms with van der Waals surface area (Å²) in [4.78, 5) is 37.4. The van der Waals surface area contributed by atoms with Gasteiger partial charge in [-0.3, -0.25) is 19.3 Å². The molecule has 2 aromatic carbocycles. The highest BCUT2D eigenvalue weighted by Gasteiger charge is 2.34. The Morgan fingerprint density at radius 2 is 1.74 bits per heavy atom. The quantitative estimate of drug-likeness (QED) is 0.553. The molecule has 0 unspecified atom stereocenters. The third kappa shape index (κ3) is 3.97. The number of ether oxygens (including phenoxy) is 2. The molecule has 2 amide bonds. The van der Waals surface area contributed by atoms with Crippen molar-refractivity contribution in [2.45, 2.75) is 19.4 Å². The highest BCUT2D eigenvalue weighted by molar-refractivity contribution is 6.21. The molecule has 3 rings (SSSR count). The molecular weight excluding hydrogens is 353 g/mol. The van der Waals surface area contributed by atoms with Crippen molar-refractivity contribution in [3.05, 3.63) is 65.0 Å². The van der Waals surface area contributed by atoms with Crippen LogP contribution in [0.3, 0.4) is 0 Å². The number of rotatable bonds is 7. The Morgan fingerprint density at radius 1 is 1.07 bits per heavy atom. The summed E-state index contributed by atoms with van der Waals surface area (Å²) >= 11 is 0. The first-order valence-electron chi connectivity index (χ1n) is 8.44. The van der Waals surface area contributed by atoms with Gasteiger partial charge in [0.05, 0.1) is 18.2 Å². The fourth-order valence-corrected chi connectivity index (χ4v) is 2.86. The van der Waals surface area contributed by atoms with Crippen molar-refractivity contribution >= 4 is 17.8 Å². The molecule has 0 saturated carbocycles. The Labute approximate surface area is 155 Å². The number of carbonyl (C=O) groups excluding carboxylic acids is 3. The third-order valence-electron chi connectivity index (χ3n) is 4.26. The molecule has 1 aliphatic rings. The number of methoxy groups -OCH3 is 1. The van der Waals surface area contributed by atoms with Crippen LogP contribution in [0.2, 0.25) is 0 Å².